The zero-order valence-corrected chi connectivity index (χ0v) is 14.5. The molecule has 0 bridgehead atoms. The molecule has 2 aromatic rings. The SMILES string of the molecule is COc1ccc(NC(=O)CSc2ccc(C)cc2C)c([N+](=O)[O-])c1. The van der Waals surface area contributed by atoms with Crippen LogP contribution in [0.4, 0.5) is 11.4 Å². The standard InChI is InChI=1S/C17H18N2O4S/c1-11-4-7-16(12(2)8-11)24-10-17(20)18-14-6-5-13(23-3)9-15(14)19(21)22/h4-9H,10H2,1-3H3,(H,18,20). The van der Waals surface area contributed by atoms with Crippen LogP contribution in [0.25, 0.3) is 0 Å². The van der Waals surface area contributed by atoms with E-state index in [1.165, 1.54) is 31.0 Å². The second kappa shape index (κ2) is 7.83. The summed E-state index contributed by atoms with van der Waals surface area (Å²) < 4.78 is 4.97. The van der Waals surface area contributed by atoms with Gasteiger partial charge in [0.05, 0.1) is 23.9 Å². The van der Waals surface area contributed by atoms with Crippen LogP contribution in [0, 0.1) is 24.0 Å². The first kappa shape index (κ1) is 17.8. The van der Waals surface area contributed by atoms with E-state index in [2.05, 4.69) is 11.4 Å². The number of anilines is 1. The number of nitrogens with one attached hydrogen (secondary N) is 1. The molecule has 7 heteroatoms. The molecule has 2 rings (SSSR count). The van der Waals surface area contributed by atoms with Crippen LogP contribution in [-0.2, 0) is 4.79 Å². The topological polar surface area (TPSA) is 81.5 Å². The Morgan fingerprint density at radius 1 is 1.25 bits per heavy atom. The number of nitro groups is 1. The number of benzene rings is 2. The fourth-order valence-corrected chi connectivity index (χ4v) is 3.00. The number of thioether (sulfide) groups is 1. The van der Waals surface area contributed by atoms with Gasteiger partial charge in [-0.1, -0.05) is 17.7 Å². The molecule has 0 atom stereocenters. The van der Waals surface area contributed by atoms with Crippen molar-refractivity contribution in [1.29, 1.82) is 0 Å². The molecule has 0 saturated heterocycles. The van der Waals surface area contributed by atoms with Gasteiger partial charge < -0.3 is 10.1 Å². The minimum Gasteiger partial charge on any atom is -0.496 e. The third-order valence-electron chi connectivity index (χ3n) is 3.36. The van der Waals surface area contributed by atoms with Gasteiger partial charge >= 0.3 is 0 Å². The molecule has 126 valence electrons. The van der Waals surface area contributed by atoms with Crippen LogP contribution in [0.3, 0.4) is 0 Å². The number of nitrogens with zero attached hydrogens (tertiary/aromatic N) is 1. The van der Waals surface area contributed by atoms with E-state index < -0.39 is 4.92 Å². The number of nitro benzene ring substituents is 1. The molecule has 24 heavy (non-hydrogen) atoms. The van der Waals surface area contributed by atoms with Crippen molar-refractivity contribution in [3.8, 4) is 5.75 Å². The van der Waals surface area contributed by atoms with Gasteiger partial charge in [0, 0.05) is 4.90 Å². The number of amides is 1. The monoisotopic (exact) mass is 346 g/mol. The average molecular weight is 346 g/mol. The van der Waals surface area contributed by atoms with Gasteiger partial charge in [-0.2, -0.15) is 0 Å². The first-order valence-electron chi connectivity index (χ1n) is 7.23. The van der Waals surface area contributed by atoms with Crippen molar-refractivity contribution in [2.45, 2.75) is 18.7 Å². The molecule has 1 N–H and O–H groups in total. The number of aryl methyl sites for hydroxylation is 2. The molecule has 0 radical (unpaired) electrons. The molecular weight excluding hydrogens is 328 g/mol. The minimum atomic E-state index is -0.546. The lowest BCUT2D eigenvalue weighted by Crippen LogP contribution is -2.15. The molecule has 0 aromatic heterocycles. The second-order valence-corrected chi connectivity index (χ2v) is 6.26. The second-order valence-electron chi connectivity index (χ2n) is 5.25. The smallest absolute Gasteiger partial charge is 0.296 e. The Morgan fingerprint density at radius 2 is 2.00 bits per heavy atom. The van der Waals surface area contributed by atoms with Crippen molar-refractivity contribution < 1.29 is 14.5 Å². The summed E-state index contributed by atoms with van der Waals surface area (Å²) in [4.78, 5) is 23.7. The summed E-state index contributed by atoms with van der Waals surface area (Å²) in [5.41, 5.74) is 2.23. The van der Waals surface area contributed by atoms with Crippen molar-refractivity contribution in [3.63, 3.8) is 0 Å². The third-order valence-corrected chi connectivity index (χ3v) is 4.54. The van der Waals surface area contributed by atoms with Crippen LogP contribution in [0.5, 0.6) is 5.75 Å². The fraction of sp³-hybridized carbons (Fsp3) is 0.235. The molecule has 0 aliphatic heterocycles. The Bertz CT molecular complexity index is 777. The van der Waals surface area contributed by atoms with Crippen molar-refractivity contribution in [3.05, 3.63) is 57.6 Å². The van der Waals surface area contributed by atoms with Gasteiger partial charge in [-0.3, -0.25) is 14.9 Å². The molecule has 0 spiro atoms. The Labute approximate surface area is 144 Å². The van der Waals surface area contributed by atoms with Gasteiger partial charge in [0.2, 0.25) is 5.91 Å². The zero-order valence-electron chi connectivity index (χ0n) is 13.7. The van der Waals surface area contributed by atoms with E-state index in [-0.39, 0.29) is 23.0 Å². The van der Waals surface area contributed by atoms with E-state index in [1.54, 1.807) is 6.07 Å². The predicted octanol–water partition coefficient (Wildman–Crippen LogP) is 3.95. The highest BCUT2D eigenvalue weighted by Gasteiger charge is 2.17. The van der Waals surface area contributed by atoms with Crippen LogP contribution in [-0.4, -0.2) is 23.7 Å². The first-order chi connectivity index (χ1) is 11.4. The van der Waals surface area contributed by atoms with Gasteiger partial charge in [0.1, 0.15) is 11.4 Å². The number of methoxy groups -OCH3 is 1. The van der Waals surface area contributed by atoms with E-state index in [9.17, 15) is 14.9 Å². The molecule has 1 amide bonds. The highest BCUT2D eigenvalue weighted by molar-refractivity contribution is 8.00. The summed E-state index contributed by atoms with van der Waals surface area (Å²) in [5.74, 6) is 0.241. The van der Waals surface area contributed by atoms with Crippen LogP contribution >= 0.6 is 11.8 Å². The molecule has 0 unspecified atom stereocenters. The highest BCUT2D eigenvalue weighted by Crippen LogP contribution is 2.29. The number of rotatable bonds is 6. The molecule has 6 nitrogen and oxygen atoms in total. The van der Waals surface area contributed by atoms with E-state index >= 15 is 0 Å². The number of hydrogen-bond donors (Lipinski definition) is 1. The number of carbonyl (C=O) groups is 1. The molecule has 0 aliphatic rings. The summed E-state index contributed by atoms with van der Waals surface area (Å²) in [6, 6.07) is 10.3. The Balaban J connectivity index is 2.05. The first-order valence-corrected chi connectivity index (χ1v) is 8.21. The van der Waals surface area contributed by atoms with E-state index in [0.29, 0.717) is 5.75 Å². The number of carbonyl (C=O) groups excluding carboxylic acids is 1. The average Bonchev–Trinajstić information content (AvgIpc) is 2.54. The van der Waals surface area contributed by atoms with Gasteiger partial charge in [-0.05, 0) is 37.6 Å². The Morgan fingerprint density at radius 3 is 2.62 bits per heavy atom. The molecule has 2 aromatic carbocycles. The van der Waals surface area contributed by atoms with Crippen LogP contribution < -0.4 is 10.1 Å². The molecule has 0 saturated carbocycles. The van der Waals surface area contributed by atoms with Crippen LogP contribution in [0.2, 0.25) is 0 Å². The van der Waals surface area contributed by atoms with Gasteiger partial charge in [0.25, 0.3) is 5.69 Å². The van der Waals surface area contributed by atoms with E-state index in [0.717, 1.165) is 16.0 Å². The lowest BCUT2D eigenvalue weighted by Gasteiger charge is -2.09. The van der Waals surface area contributed by atoms with Crippen molar-refractivity contribution >= 4 is 29.0 Å². The fourth-order valence-electron chi connectivity index (χ4n) is 2.19. The third kappa shape index (κ3) is 4.48. The van der Waals surface area contributed by atoms with E-state index in [4.69, 9.17) is 4.74 Å². The maximum Gasteiger partial charge on any atom is 0.296 e. The zero-order chi connectivity index (χ0) is 17.7. The maximum absolute atomic E-state index is 12.1. The van der Waals surface area contributed by atoms with Crippen molar-refractivity contribution in [2.24, 2.45) is 0 Å². The van der Waals surface area contributed by atoms with Gasteiger partial charge in [-0.25, -0.2) is 0 Å². The number of hydrogen-bond acceptors (Lipinski definition) is 5. The molecule has 0 fully saturated rings. The van der Waals surface area contributed by atoms with Crippen molar-refractivity contribution in [2.75, 3.05) is 18.2 Å². The molecule has 0 heterocycles. The quantitative estimate of drug-likeness (QED) is 0.486. The normalized spacial score (nSPS) is 10.3. The van der Waals surface area contributed by atoms with Crippen LogP contribution in [0.1, 0.15) is 11.1 Å². The summed E-state index contributed by atoms with van der Waals surface area (Å²) >= 11 is 1.40. The molecule has 0 aliphatic carbocycles. The largest absolute Gasteiger partial charge is 0.496 e. The molecular formula is C17H18N2O4S. The van der Waals surface area contributed by atoms with Crippen LogP contribution in [0.15, 0.2) is 41.3 Å². The summed E-state index contributed by atoms with van der Waals surface area (Å²) in [5, 5.41) is 13.7. The summed E-state index contributed by atoms with van der Waals surface area (Å²) in [6.07, 6.45) is 0. The van der Waals surface area contributed by atoms with Gasteiger partial charge in [0.15, 0.2) is 0 Å². The summed E-state index contributed by atoms with van der Waals surface area (Å²) in [7, 11) is 1.43. The summed E-state index contributed by atoms with van der Waals surface area (Å²) in [6.45, 7) is 4.00. The lowest BCUT2D eigenvalue weighted by molar-refractivity contribution is -0.384. The minimum absolute atomic E-state index is 0.159. The lowest BCUT2D eigenvalue weighted by atomic mass is 10.2. The predicted molar refractivity (Wildman–Crippen MR) is 94.9 cm³/mol. The Kier molecular flexibility index (Phi) is 5.81. The van der Waals surface area contributed by atoms with Gasteiger partial charge in [-0.15, -0.1) is 11.8 Å². The van der Waals surface area contributed by atoms with Crippen molar-refractivity contribution in [1.82, 2.24) is 0 Å². The highest BCUT2D eigenvalue weighted by atomic mass is 32.2. The maximum atomic E-state index is 12.1. The Hall–Kier alpha value is -2.54. The number of ether oxygens (including phenoxy) is 1. The van der Waals surface area contributed by atoms with E-state index in [1.807, 2.05) is 26.0 Å².